The lowest BCUT2D eigenvalue weighted by Crippen LogP contribution is -2.14. The number of aromatic nitrogens is 2. The first-order valence-corrected chi connectivity index (χ1v) is 5.07. The van der Waals surface area contributed by atoms with Crippen LogP contribution >= 0.6 is 27.5 Å². The number of hydrogen-bond acceptors (Lipinski definition) is 1. The number of aromatic amines is 1. The molecular weight excluding hydrogens is 267 g/mol. The van der Waals surface area contributed by atoms with Crippen molar-refractivity contribution in [3.05, 3.63) is 50.6 Å². The van der Waals surface area contributed by atoms with Crippen LogP contribution in [0.3, 0.4) is 0 Å². The van der Waals surface area contributed by atoms with Gasteiger partial charge < -0.3 is 4.98 Å². The maximum absolute atomic E-state index is 11.3. The molecule has 0 amide bonds. The number of hydrogen-bond donors (Lipinski definition) is 1. The molecule has 0 unspecified atom stereocenters. The summed E-state index contributed by atoms with van der Waals surface area (Å²) in [6.45, 7) is 0. The molecule has 0 aliphatic rings. The topological polar surface area (TPSA) is 37.8 Å². The van der Waals surface area contributed by atoms with Crippen LogP contribution in [0.15, 0.2) is 39.9 Å². The molecule has 72 valence electrons. The van der Waals surface area contributed by atoms with Crippen LogP contribution in [0.25, 0.3) is 5.69 Å². The minimum absolute atomic E-state index is 0.200. The van der Waals surface area contributed by atoms with Gasteiger partial charge in [0.1, 0.15) is 0 Å². The molecule has 14 heavy (non-hydrogen) atoms. The molecule has 0 aliphatic heterocycles. The predicted molar refractivity (Wildman–Crippen MR) is 59.1 cm³/mol. The molecule has 1 heterocycles. The minimum Gasteiger partial charge on any atom is -0.312 e. The van der Waals surface area contributed by atoms with E-state index in [2.05, 4.69) is 20.9 Å². The van der Waals surface area contributed by atoms with E-state index in [0.717, 1.165) is 4.47 Å². The van der Waals surface area contributed by atoms with Crippen molar-refractivity contribution in [2.24, 2.45) is 0 Å². The first kappa shape index (κ1) is 9.55. The maximum atomic E-state index is 11.3. The third-order valence-electron chi connectivity index (χ3n) is 1.82. The first-order chi connectivity index (χ1) is 6.68. The summed E-state index contributed by atoms with van der Waals surface area (Å²) in [5, 5.41) is 0.529. The Morgan fingerprint density at radius 1 is 1.43 bits per heavy atom. The van der Waals surface area contributed by atoms with Gasteiger partial charge in [-0.2, -0.15) is 0 Å². The Bertz CT molecular complexity index is 518. The van der Waals surface area contributed by atoms with Gasteiger partial charge in [0.2, 0.25) is 0 Å². The van der Waals surface area contributed by atoms with Gasteiger partial charge in [0.15, 0.2) is 0 Å². The lowest BCUT2D eigenvalue weighted by molar-refractivity contribution is 0.987. The standard InChI is InChI=1S/C9H6BrClN2O/c10-6-1-2-8(7(11)5-6)13-4-3-12-9(13)14/h1-5H,(H,12,14). The number of benzene rings is 1. The highest BCUT2D eigenvalue weighted by Crippen LogP contribution is 2.23. The van der Waals surface area contributed by atoms with Crippen molar-refractivity contribution >= 4 is 27.5 Å². The molecule has 0 aliphatic carbocycles. The molecule has 0 radical (unpaired) electrons. The zero-order chi connectivity index (χ0) is 10.1. The zero-order valence-corrected chi connectivity index (χ0v) is 9.34. The Labute approximate surface area is 93.5 Å². The fourth-order valence-corrected chi connectivity index (χ4v) is 1.95. The summed E-state index contributed by atoms with van der Waals surface area (Å²) < 4.78 is 2.34. The van der Waals surface area contributed by atoms with Crippen LogP contribution in [-0.4, -0.2) is 9.55 Å². The summed E-state index contributed by atoms with van der Waals surface area (Å²) in [5.74, 6) is 0. The van der Waals surface area contributed by atoms with Crippen LogP contribution in [0, 0.1) is 0 Å². The van der Waals surface area contributed by atoms with Crippen molar-refractivity contribution in [1.82, 2.24) is 9.55 Å². The fraction of sp³-hybridized carbons (Fsp3) is 0. The van der Waals surface area contributed by atoms with Crippen molar-refractivity contribution in [2.45, 2.75) is 0 Å². The Morgan fingerprint density at radius 2 is 2.21 bits per heavy atom. The van der Waals surface area contributed by atoms with Crippen molar-refractivity contribution in [2.75, 3.05) is 0 Å². The zero-order valence-electron chi connectivity index (χ0n) is 7.00. The van der Waals surface area contributed by atoms with E-state index in [1.54, 1.807) is 24.5 Å². The van der Waals surface area contributed by atoms with Gasteiger partial charge in [0, 0.05) is 16.9 Å². The van der Waals surface area contributed by atoms with Crippen LogP contribution in [0.5, 0.6) is 0 Å². The molecular formula is C9H6BrClN2O. The van der Waals surface area contributed by atoms with Gasteiger partial charge in [-0.3, -0.25) is 4.57 Å². The average molecular weight is 274 g/mol. The lowest BCUT2D eigenvalue weighted by Gasteiger charge is -2.03. The van der Waals surface area contributed by atoms with Crippen LogP contribution in [0.2, 0.25) is 5.02 Å². The number of imidazole rings is 1. The van der Waals surface area contributed by atoms with Gasteiger partial charge in [-0.1, -0.05) is 27.5 Å². The van der Waals surface area contributed by atoms with E-state index >= 15 is 0 Å². The highest BCUT2D eigenvalue weighted by Gasteiger charge is 2.04. The molecule has 0 fully saturated rings. The molecule has 1 aromatic carbocycles. The summed E-state index contributed by atoms with van der Waals surface area (Å²) in [4.78, 5) is 13.8. The Balaban J connectivity index is 2.63. The number of nitrogens with one attached hydrogen (secondary N) is 1. The van der Waals surface area contributed by atoms with E-state index in [1.165, 1.54) is 4.57 Å². The second-order valence-corrected chi connectivity index (χ2v) is 4.05. The molecule has 3 nitrogen and oxygen atoms in total. The molecule has 2 aromatic rings. The molecule has 0 bridgehead atoms. The Hall–Kier alpha value is -1.000. The smallest absolute Gasteiger partial charge is 0.312 e. The van der Waals surface area contributed by atoms with Gasteiger partial charge in [-0.15, -0.1) is 0 Å². The molecule has 0 saturated carbocycles. The summed E-state index contributed by atoms with van der Waals surface area (Å²) >= 11 is 9.29. The van der Waals surface area contributed by atoms with Gasteiger partial charge in [0.25, 0.3) is 0 Å². The quantitative estimate of drug-likeness (QED) is 0.852. The highest BCUT2D eigenvalue weighted by molar-refractivity contribution is 9.10. The van der Waals surface area contributed by atoms with Crippen LogP contribution < -0.4 is 5.69 Å². The van der Waals surface area contributed by atoms with E-state index in [4.69, 9.17) is 11.6 Å². The van der Waals surface area contributed by atoms with Crippen LogP contribution in [-0.2, 0) is 0 Å². The number of halogens is 2. The van der Waals surface area contributed by atoms with Crippen LogP contribution in [0.4, 0.5) is 0 Å². The van der Waals surface area contributed by atoms with E-state index in [0.29, 0.717) is 10.7 Å². The molecule has 0 spiro atoms. The molecule has 1 aromatic heterocycles. The highest BCUT2D eigenvalue weighted by atomic mass is 79.9. The molecule has 2 rings (SSSR count). The SMILES string of the molecule is O=c1[nH]ccn1-c1ccc(Br)cc1Cl. The maximum Gasteiger partial charge on any atom is 0.330 e. The minimum atomic E-state index is -0.200. The van der Waals surface area contributed by atoms with Crippen LogP contribution in [0.1, 0.15) is 0 Å². The molecule has 1 N–H and O–H groups in total. The molecule has 0 saturated heterocycles. The Morgan fingerprint density at radius 3 is 2.79 bits per heavy atom. The van der Waals surface area contributed by atoms with Gasteiger partial charge >= 0.3 is 5.69 Å². The summed E-state index contributed by atoms with van der Waals surface area (Å²) in [5.41, 5.74) is 0.468. The van der Waals surface area contributed by atoms with Gasteiger partial charge in [-0.25, -0.2) is 4.79 Å². The fourth-order valence-electron chi connectivity index (χ4n) is 1.19. The van der Waals surface area contributed by atoms with Gasteiger partial charge in [0.05, 0.1) is 10.7 Å². The largest absolute Gasteiger partial charge is 0.330 e. The predicted octanol–water partition coefficient (Wildman–Crippen LogP) is 2.58. The molecule has 0 atom stereocenters. The second kappa shape index (κ2) is 3.63. The van der Waals surface area contributed by atoms with Crippen molar-refractivity contribution in [3.8, 4) is 5.69 Å². The second-order valence-electron chi connectivity index (χ2n) is 2.73. The van der Waals surface area contributed by atoms with E-state index in [1.807, 2.05) is 6.07 Å². The number of rotatable bonds is 1. The summed E-state index contributed by atoms with van der Waals surface area (Å²) in [7, 11) is 0. The summed E-state index contributed by atoms with van der Waals surface area (Å²) in [6, 6.07) is 5.36. The number of H-pyrrole nitrogens is 1. The van der Waals surface area contributed by atoms with Crippen molar-refractivity contribution in [1.29, 1.82) is 0 Å². The van der Waals surface area contributed by atoms with E-state index in [9.17, 15) is 4.79 Å². The summed E-state index contributed by atoms with van der Waals surface area (Å²) in [6.07, 6.45) is 3.21. The third-order valence-corrected chi connectivity index (χ3v) is 2.61. The Kier molecular flexibility index (Phi) is 2.48. The van der Waals surface area contributed by atoms with Crippen molar-refractivity contribution < 1.29 is 0 Å². The van der Waals surface area contributed by atoms with E-state index < -0.39 is 0 Å². The van der Waals surface area contributed by atoms with E-state index in [-0.39, 0.29) is 5.69 Å². The first-order valence-electron chi connectivity index (χ1n) is 3.90. The van der Waals surface area contributed by atoms with Gasteiger partial charge in [-0.05, 0) is 18.2 Å². The average Bonchev–Trinajstić information content (AvgIpc) is 2.52. The van der Waals surface area contributed by atoms with Crippen molar-refractivity contribution in [3.63, 3.8) is 0 Å². The molecule has 5 heteroatoms. The lowest BCUT2D eigenvalue weighted by atomic mass is 10.3. The monoisotopic (exact) mass is 272 g/mol. The third kappa shape index (κ3) is 1.63. The number of nitrogens with zero attached hydrogens (tertiary/aromatic N) is 1. The normalized spacial score (nSPS) is 10.4.